The molecule has 2 aromatic heterocycles. The standard InChI is InChI=1S/C18H21N5O2S/c1-12(2)17(15-8-5-9-26-15)19-16(24)11-23-21-18(20-22-23)13-6-4-7-14(10-13)25-3/h4-10,12,17H,11H2,1-3H3,(H,19,24). The van der Waals surface area contributed by atoms with E-state index in [-0.39, 0.29) is 24.4 Å². The molecule has 0 spiro atoms. The van der Waals surface area contributed by atoms with E-state index in [0.29, 0.717) is 11.6 Å². The van der Waals surface area contributed by atoms with Gasteiger partial charge in [-0.3, -0.25) is 4.79 Å². The van der Waals surface area contributed by atoms with Gasteiger partial charge < -0.3 is 10.1 Å². The zero-order valence-electron chi connectivity index (χ0n) is 14.9. The molecule has 0 bridgehead atoms. The van der Waals surface area contributed by atoms with Crippen LogP contribution >= 0.6 is 11.3 Å². The highest BCUT2D eigenvalue weighted by Gasteiger charge is 2.20. The van der Waals surface area contributed by atoms with Gasteiger partial charge in [0.05, 0.1) is 13.2 Å². The quantitative estimate of drug-likeness (QED) is 0.690. The fourth-order valence-electron chi connectivity index (χ4n) is 2.57. The fourth-order valence-corrected chi connectivity index (χ4v) is 3.52. The first-order valence-corrected chi connectivity index (χ1v) is 9.20. The second-order valence-corrected chi connectivity index (χ2v) is 7.16. The van der Waals surface area contributed by atoms with E-state index in [4.69, 9.17) is 4.74 Å². The second kappa shape index (κ2) is 8.09. The zero-order chi connectivity index (χ0) is 18.5. The molecule has 0 saturated heterocycles. The highest BCUT2D eigenvalue weighted by atomic mass is 32.1. The van der Waals surface area contributed by atoms with Crippen LogP contribution in [0.3, 0.4) is 0 Å². The number of nitrogens with zero attached hydrogens (tertiary/aromatic N) is 4. The smallest absolute Gasteiger partial charge is 0.244 e. The molecule has 1 N–H and O–H groups in total. The van der Waals surface area contributed by atoms with Crippen molar-refractivity contribution in [2.45, 2.75) is 26.4 Å². The Balaban J connectivity index is 1.67. The molecule has 8 heteroatoms. The first kappa shape index (κ1) is 18.1. The van der Waals surface area contributed by atoms with E-state index >= 15 is 0 Å². The number of benzene rings is 1. The number of amides is 1. The van der Waals surface area contributed by atoms with Crippen molar-refractivity contribution in [2.24, 2.45) is 5.92 Å². The molecule has 0 aliphatic carbocycles. The van der Waals surface area contributed by atoms with Crippen molar-refractivity contribution >= 4 is 17.2 Å². The molecule has 1 atom stereocenters. The molecule has 1 aromatic carbocycles. The molecular formula is C18H21N5O2S. The number of thiophene rings is 1. The largest absolute Gasteiger partial charge is 0.497 e. The van der Waals surface area contributed by atoms with Crippen LogP contribution in [0.1, 0.15) is 24.8 Å². The van der Waals surface area contributed by atoms with Crippen molar-refractivity contribution in [1.29, 1.82) is 0 Å². The van der Waals surface area contributed by atoms with Crippen molar-refractivity contribution < 1.29 is 9.53 Å². The molecule has 26 heavy (non-hydrogen) atoms. The molecule has 1 unspecified atom stereocenters. The van der Waals surface area contributed by atoms with E-state index in [2.05, 4.69) is 34.6 Å². The molecule has 0 radical (unpaired) electrons. The molecule has 2 heterocycles. The van der Waals surface area contributed by atoms with Gasteiger partial charge in [-0.05, 0) is 34.7 Å². The Kier molecular flexibility index (Phi) is 5.62. The van der Waals surface area contributed by atoms with Crippen LogP contribution in [0.4, 0.5) is 0 Å². The fraction of sp³-hybridized carbons (Fsp3) is 0.333. The van der Waals surface area contributed by atoms with Crippen LogP contribution in [0, 0.1) is 5.92 Å². The predicted octanol–water partition coefficient (Wildman–Crippen LogP) is 2.92. The summed E-state index contributed by atoms with van der Waals surface area (Å²) in [6, 6.07) is 11.4. The van der Waals surface area contributed by atoms with E-state index in [1.54, 1.807) is 18.4 Å². The topological polar surface area (TPSA) is 81.9 Å². The maximum atomic E-state index is 12.4. The Hall–Kier alpha value is -2.74. The van der Waals surface area contributed by atoms with E-state index in [1.807, 2.05) is 41.8 Å². The first-order chi connectivity index (χ1) is 12.6. The third-order valence-corrected chi connectivity index (χ3v) is 4.85. The van der Waals surface area contributed by atoms with Crippen molar-refractivity contribution in [2.75, 3.05) is 7.11 Å². The number of carbonyl (C=O) groups excluding carboxylic acids is 1. The predicted molar refractivity (Wildman–Crippen MR) is 99.8 cm³/mol. The van der Waals surface area contributed by atoms with Gasteiger partial charge in [0, 0.05) is 10.4 Å². The normalized spacial score (nSPS) is 12.2. The van der Waals surface area contributed by atoms with Crippen LogP contribution in [-0.2, 0) is 11.3 Å². The van der Waals surface area contributed by atoms with Gasteiger partial charge in [-0.15, -0.1) is 21.5 Å². The van der Waals surface area contributed by atoms with E-state index in [9.17, 15) is 4.79 Å². The molecule has 7 nitrogen and oxygen atoms in total. The molecular weight excluding hydrogens is 350 g/mol. The van der Waals surface area contributed by atoms with Crippen LogP contribution in [-0.4, -0.2) is 33.2 Å². The summed E-state index contributed by atoms with van der Waals surface area (Å²) in [5.41, 5.74) is 0.787. The Morgan fingerprint density at radius 1 is 1.31 bits per heavy atom. The van der Waals surface area contributed by atoms with Crippen LogP contribution in [0.5, 0.6) is 5.75 Å². The Morgan fingerprint density at radius 3 is 2.85 bits per heavy atom. The average molecular weight is 371 g/mol. The average Bonchev–Trinajstić information content (AvgIpc) is 3.31. The maximum Gasteiger partial charge on any atom is 0.244 e. The van der Waals surface area contributed by atoms with Gasteiger partial charge in [-0.2, -0.15) is 4.80 Å². The summed E-state index contributed by atoms with van der Waals surface area (Å²) in [6.45, 7) is 4.18. The lowest BCUT2D eigenvalue weighted by molar-refractivity contribution is -0.123. The Labute approximate surface area is 156 Å². The van der Waals surface area contributed by atoms with Crippen LogP contribution < -0.4 is 10.1 Å². The molecule has 0 aliphatic heterocycles. The molecule has 0 saturated carbocycles. The van der Waals surface area contributed by atoms with Gasteiger partial charge in [-0.1, -0.05) is 32.0 Å². The summed E-state index contributed by atoms with van der Waals surface area (Å²) < 4.78 is 5.20. The monoisotopic (exact) mass is 371 g/mol. The van der Waals surface area contributed by atoms with Crippen molar-refractivity contribution in [3.63, 3.8) is 0 Å². The summed E-state index contributed by atoms with van der Waals surface area (Å²) in [5.74, 6) is 1.31. The minimum absolute atomic E-state index is 0.0194. The number of hydrogen-bond acceptors (Lipinski definition) is 6. The molecule has 136 valence electrons. The summed E-state index contributed by atoms with van der Waals surface area (Å²) >= 11 is 1.64. The number of nitrogens with one attached hydrogen (secondary N) is 1. The van der Waals surface area contributed by atoms with Crippen LogP contribution in [0.15, 0.2) is 41.8 Å². The third kappa shape index (κ3) is 4.26. The van der Waals surface area contributed by atoms with Crippen LogP contribution in [0.2, 0.25) is 0 Å². The lowest BCUT2D eigenvalue weighted by Crippen LogP contribution is -2.34. The number of aromatic nitrogens is 4. The van der Waals surface area contributed by atoms with E-state index in [1.165, 1.54) is 4.80 Å². The third-order valence-electron chi connectivity index (χ3n) is 3.90. The summed E-state index contributed by atoms with van der Waals surface area (Å²) in [5, 5.41) is 17.4. The lowest BCUT2D eigenvalue weighted by atomic mass is 10.0. The highest BCUT2D eigenvalue weighted by molar-refractivity contribution is 7.10. The summed E-state index contributed by atoms with van der Waals surface area (Å²) in [6.07, 6.45) is 0. The number of methoxy groups -OCH3 is 1. The van der Waals surface area contributed by atoms with E-state index in [0.717, 1.165) is 10.4 Å². The number of hydrogen-bond donors (Lipinski definition) is 1. The number of ether oxygens (including phenoxy) is 1. The SMILES string of the molecule is COc1cccc(-c2nnn(CC(=O)NC(c3cccs3)C(C)C)n2)c1. The molecule has 3 rings (SSSR count). The first-order valence-electron chi connectivity index (χ1n) is 8.32. The second-order valence-electron chi connectivity index (χ2n) is 6.18. The molecule has 1 amide bonds. The molecule has 0 fully saturated rings. The van der Waals surface area contributed by atoms with Crippen molar-refractivity contribution in [3.05, 3.63) is 46.7 Å². The van der Waals surface area contributed by atoms with Crippen molar-refractivity contribution in [3.8, 4) is 17.1 Å². The minimum Gasteiger partial charge on any atom is -0.497 e. The molecule has 3 aromatic rings. The van der Waals surface area contributed by atoms with Crippen LogP contribution in [0.25, 0.3) is 11.4 Å². The zero-order valence-corrected chi connectivity index (χ0v) is 15.7. The summed E-state index contributed by atoms with van der Waals surface area (Å²) in [4.78, 5) is 14.9. The van der Waals surface area contributed by atoms with Gasteiger partial charge >= 0.3 is 0 Å². The maximum absolute atomic E-state index is 12.4. The Bertz CT molecular complexity index is 860. The Morgan fingerprint density at radius 2 is 2.15 bits per heavy atom. The number of carbonyl (C=O) groups is 1. The van der Waals surface area contributed by atoms with Crippen molar-refractivity contribution in [1.82, 2.24) is 25.5 Å². The highest BCUT2D eigenvalue weighted by Crippen LogP contribution is 2.25. The van der Waals surface area contributed by atoms with Gasteiger partial charge in [0.2, 0.25) is 11.7 Å². The summed E-state index contributed by atoms with van der Waals surface area (Å²) in [7, 11) is 1.60. The number of tetrazole rings is 1. The van der Waals surface area contributed by atoms with E-state index < -0.39 is 0 Å². The van der Waals surface area contributed by atoms with Gasteiger partial charge in [-0.25, -0.2) is 0 Å². The minimum atomic E-state index is -0.147. The number of rotatable bonds is 7. The molecule has 0 aliphatic rings. The lowest BCUT2D eigenvalue weighted by Gasteiger charge is -2.21. The van der Waals surface area contributed by atoms with Gasteiger partial charge in [0.15, 0.2) is 0 Å². The van der Waals surface area contributed by atoms with Gasteiger partial charge in [0.1, 0.15) is 12.3 Å². The van der Waals surface area contributed by atoms with Gasteiger partial charge in [0.25, 0.3) is 0 Å².